The Bertz CT molecular complexity index is 1440. The average Bonchev–Trinajstić information content (AvgIpc) is 3.58. The number of halogens is 1. The molecular weight excluding hydrogens is 431 g/mol. The van der Waals surface area contributed by atoms with Gasteiger partial charge in [0, 0.05) is 31.1 Å². The van der Waals surface area contributed by atoms with E-state index in [1.165, 1.54) is 21.9 Å². The Morgan fingerprint density at radius 1 is 1.19 bits per heavy atom. The first kappa shape index (κ1) is 18.8. The first-order valence-corrected chi connectivity index (χ1v) is 10.7. The quantitative estimate of drug-likeness (QED) is 0.457. The third kappa shape index (κ3) is 2.97. The predicted molar refractivity (Wildman–Crippen MR) is 113 cm³/mol. The molecule has 0 bridgehead atoms. The number of imidazole rings is 1. The van der Waals surface area contributed by atoms with Gasteiger partial charge in [-0.2, -0.15) is 5.10 Å². The molecule has 5 aromatic rings. The van der Waals surface area contributed by atoms with Crippen LogP contribution < -0.4 is 0 Å². The van der Waals surface area contributed by atoms with Gasteiger partial charge in [0.2, 0.25) is 5.01 Å². The maximum absolute atomic E-state index is 14.3. The topological polar surface area (TPSA) is 105 Å². The Kier molecular flexibility index (Phi) is 4.28. The van der Waals surface area contributed by atoms with Crippen LogP contribution in [0.5, 0.6) is 0 Å². The Hall–Kier alpha value is -3.99. The van der Waals surface area contributed by atoms with Crippen molar-refractivity contribution in [1.29, 1.82) is 0 Å². The van der Waals surface area contributed by atoms with Gasteiger partial charge in [0.25, 0.3) is 5.91 Å². The summed E-state index contributed by atoms with van der Waals surface area (Å²) in [4.78, 5) is 27.0. The zero-order valence-electron chi connectivity index (χ0n) is 16.5. The lowest BCUT2D eigenvalue weighted by Gasteiger charge is -2.33. The molecule has 0 spiro atoms. The second kappa shape index (κ2) is 7.31. The third-order valence-electron chi connectivity index (χ3n) is 5.43. The number of H-pyrrole nitrogens is 1. The molecule has 1 aliphatic rings. The highest BCUT2D eigenvalue weighted by Crippen LogP contribution is 2.35. The van der Waals surface area contributed by atoms with Gasteiger partial charge in [-0.3, -0.25) is 9.78 Å². The fraction of sp³-hybridized carbons (Fsp3) is 0.143. The Labute approximate surface area is 184 Å². The van der Waals surface area contributed by atoms with Crippen LogP contribution in [0.2, 0.25) is 0 Å². The van der Waals surface area contributed by atoms with E-state index in [1.807, 2.05) is 18.2 Å². The molecule has 0 saturated carbocycles. The molecule has 11 heteroatoms. The van der Waals surface area contributed by atoms with Crippen LogP contribution in [0, 0.1) is 5.82 Å². The second-order valence-corrected chi connectivity index (χ2v) is 8.28. The van der Waals surface area contributed by atoms with Crippen molar-refractivity contribution in [3.05, 3.63) is 83.0 Å². The number of aromatic nitrogens is 7. The fourth-order valence-corrected chi connectivity index (χ4v) is 4.73. The summed E-state index contributed by atoms with van der Waals surface area (Å²) in [6, 6.07) is 9.54. The highest BCUT2D eigenvalue weighted by Gasteiger charge is 2.37. The van der Waals surface area contributed by atoms with Gasteiger partial charge in [0.15, 0.2) is 5.01 Å². The summed E-state index contributed by atoms with van der Waals surface area (Å²) in [6.45, 7) is 0.438. The van der Waals surface area contributed by atoms with Gasteiger partial charge in [-0.05, 0) is 30.3 Å². The lowest BCUT2D eigenvalue weighted by atomic mass is 9.99. The molecule has 6 rings (SSSR count). The molecule has 158 valence electrons. The molecular formula is C21H15FN8OS. The number of amides is 1. The van der Waals surface area contributed by atoms with Crippen molar-refractivity contribution in [3.63, 3.8) is 0 Å². The van der Waals surface area contributed by atoms with Crippen molar-refractivity contribution >= 4 is 22.8 Å². The second-order valence-electron chi connectivity index (χ2n) is 7.30. The number of pyridine rings is 2. The van der Waals surface area contributed by atoms with E-state index in [9.17, 15) is 9.18 Å². The van der Waals surface area contributed by atoms with Gasteiger partial charge in [-0.25, -0.2) is 13.9 Å². The number of nitrogens with one attached hydrogen (secondary N) is 1. The number of rotatable bonds is 3. The minimum Gasteiger partial charge on any atom is -0.348 e. The van der Waals surface area contributed by atoms with Crippen molar-refractivity contribution in [2.45, 2.75) is 12.5 Å². The standard InChI is InChI=1S/C21H15FN8OS/c22-12-4-3-8-30-16(12)10-15(28-30)18-17-13(24-11-25-17)6-9-29(18)21(31)20-27-26-19(32-20)14-5-1-2-7-23-14/h1-5,7-8,10-11,18H,6,9H2,(H,24,25)/t18-/m1/s1. The molecule has 0 fully saturated rings. The maximum Gasteiger partial charge on any atom is 0.285 e. The van der Waals surface area contributed by atoms with Gasteiger partial charge in [-0.1, -0.05) is 17.4 Å². The SMILES string of the molecule is O=C(c1nnc(-c2ccccn2)s1)N1CCc2[nH]cnc2[C@H]1c1cc2c(F)cccn2n1. The van der Waals surface area contributed by atoms with E-state index in [1.54, 1.807) is 35.8 Å². The van der Waals surface area contributed by atoms with Crippen LogP contribution in [-0.2, 0) is 6.42 Å². The summed E-state index contributed by atoms with van der Waals surface area (Å²) in [5.41, 5.74) is 3.16. The van der Waals surface area contributed by atoms with Crippen LogP contribution in [0.4, 0.5) is 4.39 Å². The molecule has 1 atom stereocenters. The average molecular weight is 446 g/mol. The molecule has 0 aliphatic carbocycles. The molecule has 0 radical (unpaired) electrons. The van der Waals surface area contributed by atoms with Crippen molar-refractivity contribution < 1.29 is 9.18 Å². The number of hydrogen-bond acceptors (Lipinski definition) is 7. The normalized spacial score (nSPS) is 15.8. The van der Waals surface area contributed by atoms with Crippen LogP contribution in [-0.4, -0.2) is 52.1 Å². The van der Waals surface area contributed by atoms with E-state index in [2.05, 4.69) is 30.2 Å². The van der Waals surface area contributed by atoms with Crippen molar-refractivity contribution in [3.8, 4) is 10.7 Å². The van der Waals surface area contributed by atoms with Crippen LogP contribution in [0.25, 0.3) is 16.2 Å². The lowest BCUT2D eigenvalue weighted by molar-refractivity contribution is 0.0685. The number of carbonyl (C=O) groups excluding carboxylic acids is 1. The number of carbonyl (C=O) groups is 1. The fourth-order valence-electron chi connectivity index (χ4n) is 3.95. The van der Waals surface area contributed by atoms with Crippen molar-refractivity contribution in [2.24, 2.45) is 0 Å². The third-order valence-corrected chi connectivity index (χ3v) is 6.36. The van der Waals surface area contributed by atoms with E-state index in [0.29, 0.717) is 40.6 Å². The van der Waals surface area contributed by atoms with E-state index < -0.39 is 6.04 Å². The summed E-state index contributed by atoms with van der Waals surface area (Å²) in [5, 5.41) is 13.6. The van der Waals surface area contributed by atoms with Gasteiger partial charge in [-0.15, -0.1) is 10.2 Å². The van der Waals surface area contributed by atoms with Crippen molar-refractivity contribution in [1.82, 2.24) is 39.7 Å². The zero-order valence-corrected chi connectivity index (χ0v) is 17.3. The van der Waals surface area contributed by atoms with Crippen LogP contribution in [0.3, 0.4) is 0 Å². The number of fused-ring (bicyclic) bond motifs is 2. The van der Waals surface area contributed by atoms with E-state index in [4.69, 9.17) is 0 Å². The highest BCUT2D eigenvalue weighted by atomic mass is 32.1. The summed E-state index contributed by atoms with van der Waals surface area (Å²) in [5.74, 6) is -0.660. The van der Waals surface area contributed by atoms with Gasteiger partial charge in [0.1, 0.15) is 23.1 Å². The molecule has 9 nitrogen and oxygen atoms in total. The summed E-state index contributed by atoms with van der Waals surface area (Å²) in [7, 11) is 0. The van der Waals surface area contributed by atoms with Crippen molar-refractivity contribution in [2.75, 3.05) is 6.54 Å². The molecule has 1 amide bonds. The van der Waals surface area contributed by atoms with E-state index in [0.717, 1.165) is 5.69 Å². The molecule has 6 heterocycles. The van der Waals surface area contributed by atoms with Gasteiger partial charge in [0.05, 0.1) is 17.7 Å². The first-order valence-electron chi connectivity index (χ1n) is 9.91. The smallest absolute Gasteiger partial charge is 0.285 e. The molecule has 0 unspecified atom stereocenters. The molecule has 32 heavy (non-hydrogen) atoms. The number of aromatic amines is 1. The number of hydrogen-bond donors (Lipinski definition) is 1. The molecule has 5 aromatic heterocycles. The van der Waals surface area contributed by atoms with E-state index in [-0.39, 0.29) is 16.7 Å². The predicted octanol–water partition coefficient (Wildman–Crippen LogP) is 2.90. The molecule has 0 aromatic carbocycles. The minimum atomic E-state index is -0.570. The summed E-state index contributed by atoms with van der Waals surface area (Å²) < 4.78 is 15.8. The first-order chi connectivity index (χ1) is 15.7. The summed E-state index contributed by atoms with van der Waals surface area (Å²) >= 11 is 1.19. The van der Waals surface area contributed by atoms with Crippen LogP contribution in [0.1, 0.15) is 32.9 Å². The van der Waals surface area contributed by atoms with Gasteiger partial charge < -0.3 is 9.88 Å². The van der Waals surface area contributed by atoms with E-state index >= 15 is 0 Å². The molecule has 0 saturated heterocycles. The Balaban J connectivity index is 1.41. The zero-order chi connectivity index (χ0) is 21.7. The van der Waals surface area contributed by atoms with Gasteiger partial charge >= 0.3 is 0 Å². The highest BCUT2D eigenvalue weighted by molar-refractivity contribution is 7.16. The summed E-state index contributed by atoms with van der Waals surface area (Å²) in [6.07, 6.45) is 5.56. The largest absolute Gasteiger partial charge is 0.348 e. The molecule has 1 N–H and O–H groups in total. The monoisotopic (exact) mass is 446 g/mol. The Morgan fingerprint density at radius 2 is 2.12 bits per heavy atom. The Morgan fingerprint density at radius 3 is 2.97 bits per heavy atom. The maximum atomic E-state index is 14.3. The van der Waals surface area contributed by atoms with Crippen LogP contribution >= 0.6 is 11.3 Å². The minimum absolute atomic E-state index is 0.254. The van der Waals surface area contributed by atoms with Crippen LogP contribution in [0.15, 0.2) is 55.1 Å². The number of nitrogens with zero attached hydrogens (tertiary/aromatic N) is 7. The lowest BCUT2D eigenvalue weighted by Crippen LogP contribution is -2.41. The molecule has 1 aliphatic heterocycles.